The first kappa shape index (κ1) is 32.2. The number of hydrogen-bond donors (Lipinski definition) is 3. The van der Waals surface area contributed by atoms with E-state index >= 15 is 0 Å². The van der Waals surface area contributed by atoms with Crippen molar-refractivity contribution in [3.05, 3.63) is 83.4 Å². The summed E-state index contributed by atoms with van der Waals surface area (Å²) in [4.78, 5) is 22.6. The first-order valence-corrected chi connectivity index (χ1v) is 15.0. The molecule has 2 atom stereocenters. The highest BCUT2D eigenvalue weighted by Crippen LogP contribution is 2.47. The van der Waals surface area contributed by atoms with Crippen LogP contribution in [0.25, 0.3) is 11.3 Å². The number of amides is 1. The van der Waals surface area contributed by atoms with Crippen LogP contribution in [0.5, 0.6) is 17.2 Å². The van der Waals surface area contributed by atoms with Gasteiger partial charge in [0.2, 0.25) is 0 Å². The van der Waals surface area contributed by atoms with Crippen LogP contribution in [0.2, 0.25) is 0 Å². The molecule has 240 valence electrons. The summed E-state index contributed by atoms with van der Waals surface area (Å²) in [6.45, 7) is 12.9. The average molecular weight is 620 g/mol. The number of hydrogen-bond acceptors (Lipinski definition) is 9. The summed E-state index contributed by atoms with van der Waals surface area (Å²) in [5.41, 5.74) is 6.67. The third-order valence-corrected chi connectivity index (χ3v) is 8.73. The maximum absolute atomic E-state index is 13.7. The van der Waals surface area contributed by atoms with E-state index in [0.717, 1.165) is 32.7 Å². The number of likely N-dealkylation sites (N-methyl/N-ethyl adjacent to an activating group) is 1. The van der Waals surface area contributed by atoms with Gasteiger partial charge >= 0.3 is 0 Å². The molecule has 1 aromatic heterocycles. The molecule has 0 saturated carbocycles. The number of nitrogens with two attached hydrogens (primary N) is 1. The molecule has 45 heavy (non-hydrogen) atoms. The van der Waals surface area contributed by atoms with Crippen LogP contribution in [0.15, 0.2) is 60.8 Å². The van der Waals surface area contributed by atoms with Gasteiger partial charge in [-0.15, -0.1) is 0 Å². The van der Waals surface area contributed by atoms with Gasteiger partial charge in [0.25, 0.3) is 5.91 Å². The smallest absolute Gasteiger partial charge is 0.251 e. The summed E-state index contributed by atoms with van der Waals surface area (Å²) in [5, 5.41) is 14.4. The van der Waals surface area contributed by atoms with Gasteiger partial charge < -0.3 is 35.3 Å². The van der Waals surface area contributed by atoms with Crippen LogP contribution < -0.4 is 25.3 Å². The highest BCUT2D eigenvalue weighted by Gasteiger charge is 2.42. The van der Waals surface area contributed by atoms with Crippen molar-refractivity contribution in [1.82, 2.24) is 20.1 Å². The summed E-state index contributed by atoms with van der Waals surface area (Å²) in [7, 11) is 3.65. The monoisotopic (exact) mass is 619 g/mol. The molecule has 0 unspecified atom stereocenters. The number of halogens is 1. The first-order chi connectivity index (χ1) is 21.4. The van der Waals surface area contributed by atoms with E-state index in [9.17, 15) is 14.3 Å². The van der Waals surface area contributed by atoms with E-state index in [4.69, 9.17) is 24.9 Å². The Balaban J connectivity index is 1.31. The number of carbonyl (C=O) groups excluding carboxylic acids is 1. The number of piperazine rings is 1. The Hall–Kier alpha value is -4.19. The van der Waals surface area contributed by atoms with Crippen molar-refractivity contribution in [2.24, 2.45) is 5.73 Å². The topological polar surface area (TPSA) is 122 Å². The Morgan fingerprint density at radius 2 is 1.89 bits per heavy atom. The fourth-order valence-electron chi connectivity index (χ4n) is 5.46. The molecule has 3 heterocycles. The van der Waals surface area contributed by atoms with Gasteiger partial charge in [0.05, 0.1) is 24.8 Å². The number of nitrogens with one attached hydrogen (secondary N) is 1. The normalized spacial score (nSPS) is 19.7. The second-order valence-corrected chi connectivity index (χ2v) is 12.2. The van der Waals surface area contributed by atoms with Gasteiger partial charge in [0.1, 0.15) is 36.1 Å². The second kappa shape index (κ2) is 13.0. The van der Waals surface area contributed by atoms with Crippen LogP contribution in [-0.2, 0) is 11.0 Å². The zero-order chi connectivity index (χ0) is 32.4. The fourth-order valence-corrected chi connectivity index (χ4v) is 5.46. The molecule has 11 heteroatoms. The number of fused-ring (bicyclic) bond motifs is 1. The molecule has 0 aliphatic carbocycles. The van der Waals surface area contributed by atoms with E-state index in [1.165, 1.54) is 19.2 Å². The van der Waals surface area contributed by atoms with E-state index in [0.29, 0.717) is 57.6 Å². The molecule has 4 N–H and O–H groups in total. The summed E-state index contributed by atoms with van der Waals surface area (Å²) in [5.74, 6) is 0.707. The quantitative estimate of drug-likeness (QED) is 0.297. The Morgan fingerprint density at radius 3 is 2.56 bits per heavy atom. The lowest BCUT2D eigenvalue weighted by Crippen LogP contribution is -2.45. The number of benzene rings is 2. The molecule has 5 rings (SSSR count). The standard InChI is InChI=1S/C34H42FN5O5/c1-22(36)33(2)21-45-31-26(33)19-29(38-30(31)23-6-9-25(35)10-7-23)34(3,42)20-37-32(41)24-8-11-27(28(18-24)43-5)44-17-16-40-14-12-39(4)13-15-40/h6-11,18-19,42H,1,12-17,20-21,36H2,2-5H3,(H,37,41)/t33-,34+/m1/s1. The van der Waals surface area contributed by atoms with Crippen molar-refractivity contribution in [1.29, 1.82) is 0 Å². The number of pyridine rings is 1. The van der Waals surface area contributed by atoms with Gasteiger partial charge in [0, 0.05) is 55.1 Å². The third kappa shape index (κ3) is 6.90. The minimum absolute atomic E-state index is 0.146. The van der Waals surface area contributed by atoms with E-state index in [2.05, 4.69) is 28.7 Å². The summed E-state index contributed by atoms with van der Waals surface area (Å²) in [6, 6.07) is 12.6. The highest BCUT2D eigenvalue weighted by molar-refractivity contribution is 5.95. The molecule has 1 fully saturated rings. The minimum Gasteiger partial charge on any atom is -0.493 e. The van der Waals surface area contributed by atoms with Gasteiger partial charge in [-0.2, -0.15) is 0 Å². The lowest BCUT2D eigenvalue weighted by molar-refractivity contribution is 0.0489. The Labute approximate surface area is 263 Å². The number of methoxy groups -OCH3 is 1. The molecule has 2 aliphatic rings. The second-order valence-electron chi connectivity index (χ2n) is 12.2. The van der Waals surface area contributed by atoms with Crippen LogP contribution in [0.1, 0.15) is 35.5 Å². The number of aromatic nitrogens is 1. The Morgan fingerprint density at radius 1 is 1.18 bits per heavy atom. The molecule has 0 bridgehead atoms. The van der Waals surface area contributed by atoms with Crippen molar-refractivity contribution in [2.75, 3.05) is 66.6 Å². The fraction of sp³-hybridized carbons (Fsp3) is 0.412. The van der Waals surface area contributed by atoms with Crippen LogP contribution >= 0.6 is 0 Å². The maximum Gasteiger partial charge on any atom is 0.251 e. The first-order valence-electron chi connectivity index (χ1n) is 15.0. The molecule has 1 amide bonds. The zero-order valence-corrected chi connectivity index (χ0v) is 26.4. The Kier molecular flexibility index (Phi) is 9.33. The third-order valence-electron chi connectivity index (χ3n) is 8.73. The van der Waals surface area contributed by atoms with Crippen molar-refractivity contribution in [2.45, 2.75) is 24.9 Å². The van der Waals surface area contributed by atoms with E-state index in [1.54, 1.807) is 43.3 Å². The molecule has 2 aromatic carbocycles. The molecule has 2 aliphatic heterocycles. The number of nitrogens with zero attached hydrogens (tertiary/aromatic N) is 3. The molecule has 1 saturated heterocycles. The lowest BCUT2D eigenvalue weighted by Gasteiger charge is -2.32. The van der Waals surface area contributed by atoms with E-state index in [-0.39, 0.29) is 19.0 Å². The van der Waals surface area contributed by atoms with Crippen LogP contribution in [0, 0.1) is 5.82 Å². The number of aliphatic hydroxyl groups is 1. The summed E-state index contributed by atoms with van der Waals surface area (Å²) in [6.07, 6.45) is 0. The van der Waals surface area contributed by atoms with Gasteiger partial charge in [0.15, 0.2) is 11.5 Å². The van der Waals surface area contributed by atoms with Crippen molar-refractivity contribution in [3.8, 4) is 28.5 Å². The minimum atomic E-state index is -1.59. The van der Waals surface area contributed by atoms with Crippen molar-refractivity contribution >= 4 is 5.91 Å². The number of ether oxygens (including phenoxy) is 3. The molecule has 3 aromatic rings. The lowest BCUT2D eigenvalue weighted by atomic mass is 9.80. The zero-order valence-electron chi connectivity index (χ0n) is 26.4. The molecule has 0 radical (unpaired) electrons. The van der Waals surface area contributed by atoms with Crippen LogP contribution in [0.3, 0.4) is 0 Å². The highest BCUT2D eigenvalue weighted by atomic mass is 19.1. The van der Waals surface area contributed by atoms with Crippen molar-refractivity contribution < 1.29 is 28.5 Å². The predicted molar refractivity (Wildman–Crippen MR) is 170 cm³/mol. The van der Waals surface area contributed by atoms with E-state index < -0.39 is 16.9 Å². The van der Waals surface area contributed by atoms with Gasteiger partial charge in [-0.25, -0.2) is 9.37 Å². The van der Waals surface area contributed by atoms with Crippen LogP contribution in [-0.4, -0.2) is 92.4 Å². The molecule has 0 spiro atoms. The predicted octanol–water partition coefficient (Wildman–Crippen LogP) is 3.28. The largest absolute Gasteiger partial charge is 0.493 e. The summed E-state index contributed by atoms with van der Waals surface area (Å²) >= 11 is 0. The Bertz CT molecular complexity index is 1560. The van der Waals surface area contributed by atoms with Crippen molar-refractivity contribution in [3.63, 3.8) is 0 Å². The molecule has 10 nitrogen and oxygen atoms in total. The summed E-state index contributed by atoms with van der Waals surface area (Å²) < 4.78 is 31.2. The average Bonchev–Trinajstić information content (AvgIpc) is 3.38. The maximum atomic E-state index is 13.7. The number of carbonyl (C=O) groups is 1. The van der Waals surface area contributed by atoms with E-state index in [1.807, 2.05) is 6.92 Å². The number of rotatable bonds is 11. The molecular formula is C34H42FN5O5. The van der Waals surface area contributed by atoms with Gasteiger partial charge in [-0.05, 0) is 69.4 Å². The van der Waals surface area contributed by atoms with Gasteiger partial charge in [-0.1, -0.05) is 6.58 Å². The van der Waals surface area contributed by atoms with Crippen LogP contribution in [0.4, 0.5) is 4.39 Å². The SMILES string of the molecule is C=C(N)[C@@]1(C)COc2c1cc([C@@](C)(O)CNC(=O)c1ccc(OCCN3CCN(C)CC3)c(OC)c1)nc2-c1ccc(F)cc1. The molecular weight excluding hydrogens is 577 g/mol. The van der Waals surface area contributed by atoms with Gasteiger partial charge in [-0.3, -0.25) is 9.69 Å².